The van der Waals surface area contributed by atoms with Crippen molar-refractivity contribution < 1.29 is 19.4 Å². The summed E-state index contributed by atoms with van der Waals surface area (Å²) in [5.41, 5.74) is 0. The number of amides is 3. The Morgan fingerprint density at radius 3 is 2.61 bits per heavy atom. The summed E-state index contributed by atoms with van der Waals surface area (Å²) in [5, 5.41) is 18.3. The summed E-state index contributed by atoms with van der Waals surface area (Å²) in [6.45, 7) is 7.21. The van der Waals surface area contributed by atoms with Gasteiger partial charge in [-0.05, 0) is 59.0 Å². The maximum atomic E-state index is 12.3. The van der Waals surface area contributed by atoms with Gasteiger partial charge < -0.3 is 30.7 Å². The topological polar surface area (TPSA) is 103 Å². The standard InChI is InChI=1S/C20H38N4O4/c1-15(2)22-20(27)21-10-8-16-6-7-17(18(14-25)28-16)23-19(26)9-13-24-11-4-3-5-12-24/h15-18,25H,3-14H2,1-2H3,(H,23,26)(H2,21,22,27)/t16-,17-,18-/m0/s1. The highest BCUT2D eigenvalue weighted by Gasteiger charge is 2.31. The van der Waals surface area contributed by atoms with E-state index in [4.69, 9.17) is 4.74 Å². The minimum atomic E-state index is -0.387. The number of aliphatic hydroxyl groups is 1. The van der Waals surface area contributed by atoms with Crippen LogP contribution in [0, 0.1) is 0 Å². The lowest BCUT2D eigenvalue weighted by molar-refractivity contribution is -0.128. The molecule has 2 rings (SSSR count). The molecular formula is C20H38N4O4. The van der Waals surface area contributed by atoms with Crippen LogP contribution in [0.4, 0.5) is 4.79 Å². The zero-order chi connectivity index (χ0) is 20.4. The van der Waals surface area contributed by atoms with Crippen molar-refractivity contribution >= 4 is 11.9 Å². The molecule has 8 heteroatoms. The summed E-state index contributed by atoms with van der Waals surface area (Å²) >= 11 is 0. The third-order valence-corrected chi connectivity index (χ3v) is 5.42. The van der Waals surface area contributed by atoms with Crippen molar-refractivity contribution in [2.24, 2.45) is 0 Å². The first-order valence-corrected chi connectivity index (χ1v) is 10.8. The monoisotopic (exact) mass is 398 g/mol. The smallest absolute Gasteiger partial charge is 0.314 e. The molecule has 0 aromatic carbocycles. The quantitative estimate of drug-likeness (QED) is 0.464. The predicted molar refractivity (Wildman–Crippen MR) is 108 cm³/mol. The Hall–Kier alpha value is -1.38. The summed E-state index contributed by atoms with van der Waals surface area (Å²) in [4.78, 5) is 26.3. The fourth-order valence-corrected chi connectivity index (χ4v) is 3.89. The van der Waals surface area contributed by atoms with E-state index in [0.29, 0.717) is 19.4 Å². The fourth-order valence-electron chi connectivity index (χ4n) is 3.89. The van der Waals surface area contributed by atoms with Gasteiger partial charge in [0.15, 0.2) is 0 Å². The summed E-state index contributed by atoms with van der Waals surface area (Å²) in [6, 6.07) is -0.223. The number of hydrogen-bond acceptors (Lipinski definition) is 5. The minimum absolute atomic E-state index is 0.0157. The molecule has 0 aromatic heterocycles. The van der Waals surface area contributed by atoms with E-state index in [2.05, 4.69) is 20.9 Å². The van der Waals surface area contributed by atoms with Crippen molar-refractivity contribution in [1.29, 1.82) is 0 Å². The number of urea groups is 1. The van der Waals surface area contributed by atoms with Crippen LogP contribution < -0.4 is 16.0 Å². The van der Waals surface area contributed by atoms with Crippen LogP contribution in [0.2, 0.25) is 0 Å². The molecule has 8 nitrogen and oxygen atoms in total. The number of nitrogens with one attached hydrogen (secondary N) is 3. The lowest BCUT2D eigenvalue weighted by atomic mass is 9.97. The number of aliphatic hydroxyl groups excluding tert-OH is 1. The molecule has 0 aliphatic carbocycles. The maximum absolute atomic E-state index is 12.3. The molecule has 2 fully saturated rings. The second-order valence-electron chi connectivity index (χ2n) is 8.23. The largest absolute Gasteiger partial charge is 0.394 e. The number of nitrogens with zero attached hydrogens (tertiary/aromatic N) is 1. The van der Waals surface area contributed by atoms with Crippen LogP contribution in [0.5, 0.6) is 0 Å². The SMILES string of the molecule is CC(C)NC(=O)NCC[C@@H]1CC[C@H](NC(=O)CCN2CCCCC2)[C@H](CO)O1. The molecule has 162 valence electrons. The number of carbonyl (C=O) groups excluding carboxylic acids is 2. The van der Waals surface area contributed by atoms with Crippen molar-refractivity contribution in [3.63, 3.8) is 0 Å². The van der Waals surface area contributed by atoms with Gasteiger partial charge in [-0.3, -0.25) is 4.79 Å². The van der Waals surface area contributed by atoms with Gasteiger partial charge in [0, 0.05) is 25.6 Å². The molecule has 2 heterocycles. The van der Waals surface area contributed by atoms with E-state index in [1.807, 2.05) is 13.8 Å². The van der Waals surface area contributed by atoms with Crippen LogP contribution in [-0.4, -0.2) is 79.0 Å². The van der Waals surface area contributed by atoms with Crippen LogP contribution in [0.3, 0.4) is 0 Å². The highest BCUT2D eigenvalue weighted by molar-refractivity contribution is 5.76. The van der Waals surface area contributed by atoms with Gasteiger partial charge in [0.05, 0.1) is 18.8 Å². The van der Waals surface area contributed by atoms with E-state index in [9.17, 15) is 14.7 Å². The highest BCUT2D eigenvalue weighted by atomic mass is 16.5. The van der Waals surface area contributed by atoms with Crippen molar-refractivity contribution in [2.75, 3.05) is 32.8 Å². The van der Waals surface area contributed by atoms with E-state index < -0.39 is 0 Å². The van der Waals surface area contributed by atoms with Gasteiger partial charge in [0.2, 0.25) is 5.91 Å². The third kappa shape index (κ3) is 8.32. The number of ether oxygens (including phenoxy) is 1. The molecule has 2 saturated heterocycles. The molecule has 0 bridgehead atoms. The van der Waals surface area contributed by atoms with Crippen molar-refractivity contribution in [3.05, 3.63) is 0 Å². The molecule has 0 aromatic rings. The first-order chi connectivity index (χ1) is 13.5. The Kier molecular flexibility index (Phi) is 10.0. The Morgan fingerprint density at radius 2 is 1.93 bits per heavy atom. The number of piperidine rings is 1. The van der Waals surface area contributed by atoms with Gasteiger partial charge in [-0.2, -0.15) is 0 Å². The number of carbonyl (C=O) groups is 2. The summed E-state index contributed by atoms with van der Waals surface area (Å²) in [6.07, 6.45) is 6.11. The molecule has 0 spiro atoms. The van der Waals surface area contributed by atoms with Crippen molar-refractivity contribution in [3.8, 4) is 0 Å². The molecule has 0 unspecified atom stereocenters. The first kappa shape index (κ1) is 22.9. The second kappa shape index (κ2) is 12.2. The van der Waals surface area contributed by atoms with Crippen LogP contribution in [0.15, 0.2) is 0 Å². The second-order valence-corrected chi connectivity index (χ2v) is 8.23. The van der Waals surface area contributed by atoms with Crippen LogP contribution in [0.25, 0.3) is 0 Å². The molecule has 2 aliphatic rings. The van der Waals surface area contributed by atoms with Crippen LogP contribution in [0.1, 0.15) is 58.8 Å². The zero-order valence-corrected chi connectivity index (χ0v) is 17.4. The zero-order valence-electron chi connectivity index (χ0n) is 17.4. The molecule has 3 amide bonds. The van der Waals surface area contributed by atoms with Crippen molar-refractivity contribution in [1.82, 2.24) is 20.9 Å². The molecular weight excluding hydrogens is 360 g/mol. The molecule has 0 radical (unpaired) electrons. The van der Waals surface area contributed by atoms with Crippen LogP contribution >= 0.6 is 0 Å². The first-order valence-electron chi connectivity index (χ1n) is 10.8. The Labute approximate surface area is 168 Å². The normalized spacial score (nSPS) is 26.1. The highest BCUT2D eigenvalue weighted by Crippen LogP contribution is 2.22. The Morgan fingerprint density at radius 1 is 1.18 bits per heavy atom. The van der Waals surface area contributed by atoms with Gasteiger partial charge in [-0.15, -0.1) is 0 Å². The Bertz CT molecular complexity index is 483. The van der Waals surface area contributed by atoms with Crippen LogP contribution in [-0.2, 0) is 9.53 Å². The summed E-state index contributed by atoms with van der Waals surface area (Å²) < 4.78 is 5.96. The average Bonchev–Trinajstić information content (AvgIpc) is 2.67. The summed E-state index contributed by atoms with van der Waals surface area (Å²) in [7, 11) is 0. The fraction of sp³-hybridized carbons (Fsp3) is 0.900. The average molecular weight is 399 g/mol. The number of hydrogen-bond donors (Lipinski definition) is 4. The van der Waals surface area contributed by atoms with E-state index in [1.54, 1.807) is 0 Å². The van der Waals surface area contributed by atoms with Gasteiger partial charge >= 0.3 is 6.03 Å². The maximum Gasteiger partial charge on any atom is 0.314 e. The molecule has 0 saturated carbocycles. The summed E-state index contributed by atoms with van der Waals surface area (Å²) in [5.74, 6) is 0.0306. The molecule has 28 heavy (non-hydrogen) atoms. The van der Waals surface area contributed by atoms with E-state index in [1.165, 1.54) is 19.3 Å². The van der Waals surface area contributed by atoms with E-state index in [0.717, 1.165) is 32.5 Å². The van der Waals surface area contributed by atoms with Gasteiger partial charge in [-0.1, -0.05) is 6.42 Å². The molecule has 4 N–H and O–H groups in total. The van der Waals surface area contributed by atoms with Gasteiger partial charge in [0.1, 0.15) is 6.10 Å². The Balaban J connectivity index is 1.65. The van der Waals surface area contributed by atoms with E-state index >= 15 is 0 Å². The lowest BCUT2D eigenvalue weighted by Crippen LogP contribution is -2.51. The minimum Gasteiger partial charge on any atom is -0.394 e. The van der Waals surface area contributed by atoms with Gasteiger partial charge in [0.25, 0.3) is 0 Å². The van der Waals surface area contributed by atoms with E-state index in [-0.39, 0.29) is 42.8 Å². The van der Waals surface area contributed by atoms with Gasteiger partial charge in [-0.25, -0.2) is 4.79 Å². The third-order valence-electron chi connectivity index (χ3n) is 5.42. The lowest BCUT2D eigenvalue weighted by Gasteiger charge is -2.36. The number of rotatable bonds is 9. The van der Waals surface area contributed by atoms with Crippen molar-refractivity contribution in [2.45, 2.75) is 83.1 Å². The number of likely N-dealkylation sites (tertiary alicyclic amines) is 1. The predicted octanol–water partition coefficient (Wildman–Crippen LogP) is 0.985. The molecule has 2 aliphatic heterocycles. The molecule has 3 atom stereocenters.